The molecule has 0 N–H and O–H groups in total. The molecule has 0 unspecified atom stereocenters. The Bertz CT molecular complexity index is 459. The Morgan fingerprint density at radius 3 is 3.17 bits per heavy atom. The molecule has 2 heteroatoms. The summed E-state index contributed by atoms with van der Waals surface area (Å²) in [7, 11) is 0. The summed E-state index contributed by atoms with van der Waals surface area (Å²) in [5.74, 6) is 2.41. The molecule has 0 saturated heterocycles. The predicted molar refractivity (Wildman–Crippen MR) is 48.6 cm³/mol. The van der Waals surface area contributed by atoms with Crippen molar-refractivity contribution in [3.8, 4) is 12.1 Å². The molecule has 0 bridgehead atoms. The van der Waals surface area contributed by atoms with Gasteiger partial charge in [-0.3, -0.25) is 0 Å². The minimum atomic E-state index is 0.737. The van der Waals surface area contributed by atoms with Gasteiger partial charge in [0.2, 0.25) is 0 Å². The van der Waals surface area contributed by atoms with E-state index in [9.17, 15) is 4.39 Å². The van der Waals surface area contributed by atoms with Gasteiger partial charge in [0, 0.05) is 17.0 Å². The van der Waals surface area contributed by atoms with Crippen LogP contribution in [0.15, 0.2) is 23.6 Å². The Kier molecular flexibility index (Phi) is 1.81. The first-order valence-electron chi connectivity index (χ1n) is 3.41. The Morgan fingerprint density at radius 1 is 1.42 bits per heavy atom. The van der Waals surface area contributed by atoms with Crippen LogP contribution in [0.25, 0.3) is 10.1 Å². The molecule has 0 aliphatic heterocycles. The fourth-order valence-corrected chi connectivity index (χ4v) is 1.88. The van der Waals surface area contributed by atoms with Crippen LogP contribution in [-0.2, 0) is 0 Å². The van der Waals surface area contributed by atoms with Gasteiger partial charge in [-0.05, 0) is 17.4 Å². The molecule has 0 spiro atoms. The third-order valence-electron chi connectivity index (χ3n) is 1.59. The van der Waals surface area contributed by atoms with Gasteiger partial charge in [-0.2, -0.15) is 0 Å². The minimum absolute atomic E-state index is 0.737. The van der Waals surface area contributed by atoms with Gasteiger partial charge in [0.05, 0.1) is 4.70 Å². The van der Waals surface area contributed by atoms with Gasteiger partial charge in [-0.1, -0.05) is 12.1 Å². The fraction of sp³-hybridized carbons (Fsp3) is 0. The van der Waals surface area contributed by atoms with Gasteiger partial charge in [-0.25, -0.2) is 0 Å². The molecule has 0 atom stereocenters. The SMILES string of the molecule is FC#Cc1cccc2[c]csc12. The average Bonchev–Trinajstić information content (AvgIpc) is 2.53. The highest BCUT2D eigenvalue weighted by atomic mass is 32.1. The maximum atomic E-state index is 11.7. The number of halogens is 1. The lowest BCUT2D eigenvalue weighted by molar-refractivity contribution is 0.774. The Morgan fingerprint density at radius 2 is 2.33 bits per heavy atom. The van der Waals surface area contributed by atoms with Crippen molar-refractivity contribution in [2.75, 3.05) is 0 Å². The molecular formula is C10H4FS. The predicted octanol–water partition coefficient (Wildman–Crippen LogP) is 2.98. The highest BCUT2D eigenvalue weighted by Crippen LogP contribution is 2.23. The van der Waals surface area contributed by atoms with E-state index >= 15 is 0 Å². The van der Waals surface area contributed by atoms with Gasteiger partial charge in [0.15, 0.2) is 0 Å². The van der Waals surface area contributed by atoms with E-state index in [0.29, 0.717) is 0 Å². The second-order valence-corrected chi connectivity index (χ2v) is 3.16. The maximum absolute atomic E-state index is 11.7. The van der Waals surface area contributed by atoms with E-state index in [1.165, 1.54) is 17.5 Å². The first-order chi connectivity index (χ1) is 5.92. The van der Waals surface area contributed by atoms with E-state index in [1.54, 1.807) is 6.07 Å². The zero-order chi connectivity index (χ0) is 8.39. The van der Waals surface area contributed by atoms with Crippen LogP contribution in [-0.4, -0.2) is 0 Å². The van der Waals surface area contributed by atoms with E-state index in [0.717, 1.165) is 15.6 Å². The van der Waals surface area contributed by atoms with Gasteiger partial charge in [-0.15, -0.1) is 15.7 Å². The average molecular weight is 175 g/mol. The standard InChI is InChI=1S/C10H4FS/c11-6-4-8-2-1-3-9-5-7-12-10(8)9/h1-3,7H. The summed E-state index contributed by atoms with van der Waals surface area (Å²) < 4.78 is 12.7. The summed E-state index contributed by atoms with van der Waals surface area (Å²) in [5.41, 5.74) is 0.737. The van der Waals surface area contributed by atoms with Gasteiger partial charge in [0.1, 0.15) is 6.17 Å². The van der Waals surface area contributed by atoms with Crippen molar-refractivity contribution >= 4 is 21.4 Å². The van der Waals surface area contributed by atoms with Gasteiger partial charge in [0.25, 0.3) is 0 Å². The smallest absolute Gasteiger partial charge is 0.111 e. The lowest BCUT2D eigenvalue weighted by Crippen LogP contribution is -1.71. The molecule has 1 aromatic carbocycles. The first-order valence-corrected chi connectivity index (χ1v) is 4.29. The lowest BCUT2D eigenvalue weighted by atomic mass is 10.2. The van der Waals surface area contributed by atoms with Crippen LogP contribution in [0.3, 0.4) is 0 Å². The largest absolute Gasteiger partial charge is 0.144 e. The van der Waals surface area contributed by atoms with Crippen molar-refractivity contribution in [2.24, 2.45) is 0 Å². The molecule has 12 heavy (non-hydrogen) atoms. The van der Waals surface area contributed by atoms with E-state index in [1.807, 2.05) is 17.5 Å². The van der Waals surface area contributed by atoms with Crippen LogP contribution in [0.2, 0.25) is 0 Å². The molecule has 0 fully saturated rings. The number of hydrogen-bond donors (Lipinski definition) is 0. The summed E-state index contributed by atoms with van der Waals surface area (Å²) in [6.45, 7) is 0. The van der Waals surface area contributed by atoms with Crippen molar-refractivity contribution < 1.29 is 4.39 Å². The summed E-state index contributed by atoms with van der Waals surface area (Å²) >= 11 is 1.53. The van der Waals surface area contributed by atoms with Crippen LogP contribution >= 0.6 is 11.3 Å². The number of fused-ring (bicyclic) bond motifs is 1. The molecule has 1 radical (unpaired) electrons. The van der Waals surface area contributed by atoms with Crippen molar-refractivity contribution in [3.05, 3.63) is 35.2 Å². The number of benzene rings is 1. The topological polar surface area (TPSA) is 0 Å². The van der Waals surface area contributed by atoms with Crippen molar-refractivity contribution in [1.29, 1.82) is 0 Å². The third-order valence-corrected chi connectivity index (χ3v) is 2.50. The highest BCUT2D eigenvalue weighted by molar-refractivity contribution is 7.17. The molecule has 0 aliphatic rings. The molecule has 2 rings (SSSR count). The molecule has 0 amide bonds. The minimum Gasteiger partial charge on any atom is -0.144 e. The zero-order valence-electron chi connectivity index (χ0n) is 6.10. The monoisotopic (exact) mass is 175 g/mol. The zero-order valence-corrected chi connectivity index (χ0v) is 6.91. The van der Waals surface area contributed by atoms with E-state index in [4.69, 9.17) is 0 Å². The van der Waals surface area contributed by atoms with Crippen LogP contribution in [0, 0.1) is 18.2 Å². The van der Waals surface area contributed by atoms with E-state index in [-0.39, 0.29) is 0 Å². The van der Waals surface area contributed by atoms with Gasteiger partial charge < -0.3 is 0 Å². The third kappa shape index (κ3) is 1.09. The molecular weight excluding hydrogens is 171 g/mol. The molecule has 1 aromatic heterocycles. The summed E-state index contributed by atoms with van der Waals surface area (Å²) in [6, 6.07) is 8.64. The molecule has 2 aromatic rings. The fourth-order valence-electron chi connectivity index (χ4n) is 1.08. The summed E-state index contributed by atoms with van der Waals surface area (Å²) in [6.07, 6.45) is 1.41. The summed E-state index contributed by atoms with van der Waals surface area (Å²) in [5, 5.41) is 2.86. The number of thiophene rings is 1. The van der Waals surface area contributed by atoms with Crippen LogP contribution in [0.1, 0.15) is 5.56 Å². The first kappa shape index (κ1) is 7.33. The highest BCUT2D eigenvalue weighted by Gasteiger charge is 1.98. The van der Waals surface area contributed by atoms with Crippen LogP contribution < -0.4 is 0 Å². The number of hydrogen-bond acceptors (Lipinski definition) is 1. The van der Waals surface area contributed by atoms with E-state index in [2.05, 4.69) is 12.0 Å². The van der Waals surface area contributed by atoms with Crippen LogP contribution in [0.5, 0.6) is 0 Å². The Balaban J connectivity index is 2.79. The molecule has 1 heterocycles. The molecule has 57 valence electrons. The Hall–Kier alpha value is -1.33. The second-order valence-electron chi connectivity index (χ2n) is 2.28. The van der Waals surface area contributed by atoms with Gasteiger partial charge >= 0.3 is 0 Å². The number of rotatable bonds is 0. The summed E-state index contributed by atoms with van der Waals surface area (Å²) in [4.78, 5) is 0. The Labute approximate surface area is 73.6 Å². The van der Waals surface area contributed by atoms with Crippen molar-refractivity contribution in [2.45, 2.75) is 0 Å². The quantitative estimate of drug-likeness (QED) is 0.540. The van der Waals surface area contributed by atoms with Crippen molar-refractivity contribution in [3.63, 3.8) is 0 Å². The molecule has 0 nitrogen and oxygen atoms in total. The second kappa shape index (κ2) is 2.96. The van der Waals surface area contributed by atoms with Crippen LogP contribution in [0.4, 0.5) is 4.39 Å². The lowest BCUT2D eigenvalue weighted by Gasteiger charge is -1.90. The maximum Gasteiger partial charge on any atom is 0.111 e. The normalized spacial score (nSPS) is 9.42. The molecule has 0 saturated carbocycles. The van der Waals surface area contributed by atoms with Crippen molar-refractivity contribution in [1.82, 2.24) is 0 Å². The van der Waals surface area contributed by atoms with E-state index < -0.39 is 0 Å². The molecule has 0 aliphatic carbocycles.